The number of halogens is 2. The molecule has 88 valence electrons. The molecule has 1 aromatic carbocycles. The Balaban J connectivity index is 2.02. The Hall–Kier alpha value is -0.250. The zero-order valence-corrected chi connectivity index (χ0v) is 11.6. The summed E-state index contributed by atoms with van der Waals surface area (Å²) in [6.07, 6.45) is 2.70. The van der Waals surface area contributed by atoms with Crippen molar-refractivity contribution in [1.29, 1.82) is 0 Å². The number of benzene rings is 1. The molecule has 0 aromatic heterocycles. The van der Waals surface area contributed by atoms with E-state index in [1.165, 1.54) is 12.8 Å². The van der Waals surface area contributed by atoms with E-state index in [9.17, 15) is 0 Å². The van der Waals surface area contributed by atoms with Crippen LogP contribution < -0.4 is 11.1 Å². The first-order chi connectivity index (χ1) is 7.58. The van der Waals surface area contributed by atoms with Crippen LogP contribution in [0.1, 0.15) is 25.3 Å². The molecule has 0 spiro atoms. The molecular formula is C12H16BrClN2. The Morgan fingerprint density at radius 2 is 2.25 bits per heavy atom. The normalized spacial score (nSPS) is 17.4. The SMILES string of the molecule is CC(NCc1cc(Cl)cc(Br)c1N)C1CC1. The average molecular weight is 304 g/mol. The summed E-state index contributed by atoms with van der Waals surface area (Å²) in [6, 6.07) is 4.32. The number of nitrogens with two attached hydrogens (primary N) is 1. The summed E-state index contributed by atoms with van der Waals surface area (Å²) in [6.45, 7) is 3.01. The predicted octanol–water partition coefficient (Wildman–Crippen LogP) is 3.57. The van der Waals surface area contributed by atoms with E-state index in [1.54, 1.807) is 0 Å². The summed E-state index contributed by atoms with van der Waals surface area (Å²) in [7, 11) is 0. The summed E-state index contributed by atoms with van der Waals surface area (Å²) in [5.74, 6) is 0.851. The van der Waals surface area contributed by atoms with Crippen LogP contribution in [0.2, 0.25) is 5.02 Å². The van der Waals surface area contributed by atoms with Gasteiger partial charge in [0.1, 0.15) is 0 Å². The van der Waals surface area contributed by atoms with Gasteiger partial charge in [0, 0.05) is 22.1 Å². The fourth-order valence-electron chi connectivity index (χ4n) is 1.82. The van der Waals surface area contributed by atoms with Crippen LogP contribution in [0.3, 0.4) is 0 Å². The van der Waals surface area contributed by atoms with E-state index in [0.717, 1.165) is 33.2 Å². The van der Waals surface area contributed by atoms with Gasteiger partial charge < -0.3 is 11.1 Å². The van der Waals surface area contributed by atoms with Gasteiger partial charge in [-0.15, -0.1) is 0 Å². The molecule has 1 aliphatic carbocycles. The minimum Gasteiger partial charge on any atom is -0.398 e. The first kappa shape index (κ1) is 12.2. The van der Waals surface area contributed by atoms with E-state index in [4.69, 9.17) is 17.3 Å². The van der Waals surface area contributed by atoms with E-state index < -0.39 is 0 Å². The van der Waals surface area contributed by atoms with E-state index >= 15 is 0 Å². The fourth-order valence-corrected chi connectivity index (χ4v) is 2.69. The van der Waals surface area contributed by atoms with Gasteiger partial charge in [-0.2, -0.15) is 0 Å². The van der Waals surface area contributed by atoms with E-state index in [2.05, 4.69) is 28.2 Å². The molecule has 1 unspecified atom stereocenters. The Morgan fingerprint density at radius 3 is 2.88 bits per heavy atom. The molecule has 4 heteroatoms. The van der Waals surface area contributed by atoms with Gasteiger partial charge in [-0.05, 0) is 59.3 Å². The lowest BCUT2D eigenvalue weighted by molar-refractivity contribution is 0.496. The van der Waals surface area contributed by atoms with Crippen LogP contribution in [0.4, 0.5) is 5.69 Å². The van der Waals surface area contributed by atoms with Crippen molar-refractivity contribution in [2.45, 2.75) is 32.4 Å². The summed E-state index contributed by atoms with van der Waals surface area (Å²) < 4.78 is 0.871. The number of anilines is 1. The van der Waals surface area contributed by atoms with Crippen LogP contribution in [0.15, 0.2) is 16.6 Å². The molecule has 0 amide bonds. The monoisotopic (exact) mass is 302 g/mol. The van der Waals surface area contributed by atoms with Gasteiger partial charge in [-0.3, -0.25) is 0 Å². The number of hydrogen-bond acceptors (Lipinski definition) is 2. The molecule has 0 radical (unpaired) electrons. The van der Waals surface area contributed by atoms with Gasteiger partial charge >= 0.3 is 0 Å². The molecule has 2 nitrogen and oxygen atoms in total. The number of nitrogens with one attached hydrogen (secondary N) is 1. The van der Waals surface area contributed by atoms with Crippen molar-refractivity contribution >= 4 is 33.2 Å². The number of hydrogen-bond donors (Lipinski definition) is 2. The van der Waals surface area contributed by atoms with Crippen LogP contribution in [0, 0.1) is 5.92 Å². The minimum absolute atomic E-state index is 0.567. The molecule has 1 aromatic rings. The van der Waals surface area contributed by atoms with E-state index in [0.29, 0.717) is 6.04 Å². The first-order valence-corrected chi connectivity index (χ1v) is 6.72. The smallest absolute Gasteiger partial charge is 0.0505 e. The van der Waals surface area contributed by atoms with Gasteiger partial charge in [-0.25, -0.2) is 0 Å². The molecule has 0 aliphatic heterocycles. The Kier molecular flexibility index (Phi) is 3.77. The van der Waals surface area contributed by atoms with Gasteiger partial charge in [0.2, 0.25) is 0 Å². The Bertz CT molecular complexity index is 391. The second-order valence-corrected chi connectivity index (χ2v) is 5.76. The molecule has 0 bridgehead atoms. The van der Waals surface area contributed by atoms with E-state index in [-0.39, 0.29) is 0 Å². The Labute approximate surface area is 110 Å². The summed E-state index contributed by atoms with van der Waals surface area (Å²) in [5.41, 5.74) is 7.82. The molecule has 1 fully saturated rings. The highest BCUT2D eigenvalue weighted by atomic mass is 79.9. The second kappa shape index (κ2) is 4.94. The van der Waals surface area contributed by atoms with Crippen molar-refractivity contribution < 1.29 is 0 Å². The van der Waals surface area contributed by atoms with Crippen LogP contribution in [0.25, 0.3) is 0 Å². The largest absolute Gasteiger partial charge is 0.398 e. The third-order valence-corrected chi connectivity index (χ3v) is 4.00. The van der Waals surface area contributed by atoms with Crippen LogP contribution >= 0.6 is 27.5 Å². The topological polar surface area (TPSA) is 38.0 Å². The highest BCUT2D eigenvalue weighted by Gasteiger charge is 2.27. The molecule has 1 saturated carbocycles. The molecule has 16 heavy (non-hydrogen) atoms. The Morgan fingerprint density at radius 1 is 1.56 bits per heavy atom. The summed E-state index contributed by atoms with van der Waals surface area (Å²) in [5, 5.41) is 4.22. The third-order valence-electron chi connectivity index (χ3n) is 3.12. The zero-order valence-electron chi connectivity index (χ0n) is 9.26. The van der Waals surface area contributed by atoms with Crippen molar-refractivity contribution in [1.82, 2.24) is 5.32 Å². The van der Waals surface area contributed by atoms with Gasteiger partial charge in [0.05, 0.1) is 5.69 Å². The van der Waals surface area contributed by atoms with Gasteiger partial charge in [-0.1, -0.05) is 11.6 Å². The molecule has 0 saturated heterocycles. The van der Waals surface area contributed by atoms with Crippen molar-refractivity contribution in [3.63, 3.8) is 0 Å². The predicted molar refractivity (Wildman–Crippen MR) is 72.6 cm³/mol. The quantitative estimate of drug-likeness (QED) is 0.835. The van der Waals surface area contributed by atoms with Gasteiger partial charge in [0.15, 0.2) is 0 Å². The summed E-state index contributed by atoms with van der Waals surface area (Å²) in [4.78, 5) is 0. The van der Waals surface area contributed by atoms with Crippen molar-refractivity contribution in [3.05, 3.63) is 27.2 Å². The average Bonchev–Trinajstić information content (AvgIpc) is 3.04. The van der Waals surface area contributed by atoms with Gasteiger partial charge in [0.25, 0.3) is 0 Å². The maximum Gasteiger partial charge on any atom is 0.0505 e. The lowest BCUT2D eigenvalue weighted by Gasteiger charge is -2.14. The van der Waals surface area contributed by atoms with Crippen LogP contribution in [-0.4, -0.2) is 6.04 Å². The van der Waals surface area contributed by atoms with Crippen LogP contribution in [0.5, 0.6) is 0 Å². The minimum atomic E-state index is 0.567. The van der Waals surface area contributed by atoms with Crippen molar-refractivity contribution in [3.8, 4) is 0 Å². The molecule has 1 aliphatic rings. The first-order valence-electron chi connectivity index (χ1n) is 5.54. The number of rotatable bonds is 4. The molecule has 0 heterocycles. The maximum atomic E-state index is 6.00. The standard InChI is InChI=1S/C12H16BrClN2/c1-7(8-2-3-8)16-6-9-4-10(14)5-11(13)12(9)15/h4-5,7-8,16H,2-3,6,15H2,1H3. The molecular weight excluding hydrogens is 288 g/mol. The number of nitrogen functional groups attached to an aromatic ring is 1. The third kappa shape index (κ3) is 2.90. The zero-order chi connectivity index (χ0) is 11.7. The fraction of sp³-hybridized carbons (Fsp3) is 0.500. The maximum absolute atomic E-state index is 6.00. The lowest BCUT2D eigenvalue weighted by Crippen LogP contribution is -2.27. The second-order valence-electron chi connectivity index (χ2n) is 4.47. The van der Waals surface area contributed by atoms with Crippen molar-refractivity contribution in [2.75, 3.05) is 5.73 Å². The highest BCUT2D eigenvalue weighted by Crippen LogP contribution is 2.33. The molecule has 2 rings (SSSR count). The van der Waals surface area contributed by atoms with Crippen molar-refractivity contribution in [2.24, 2.45) is 5.92 Å². The van der Waals surface area contributed by atoms with Crippen LogP contribution in [-0.2, 0) is 6.54 Å². The molecule has 1 atom stereocenters. The molecule has 3 N–H and O–H groups in total. The summed E-state index contributed by atoms with van der Waals surface area (Å²) >= 11 is 9.41. The van der Waals surface area contributed by atoms with E-state index in [1.807, 2.05) is 12.1 Å². The highest BCUT2D eigenvalue weighted by molar-refractivity contribution is 9.10. The lowest BCUT2D eigenvalue weighted by atomic mass is 10.1.